The lowest BCUT2D eigenvalue weighted by Crippen LogP contribution is -2.41. The quantitative estimate of drug-likeness (QED) is 0.677. The Morgan fingerprint density at radius 1 is 1.30 bits per heavy atom. The van der Waals surface area contributed by atoms with Crippen LogP contribution in [0, 0.1) is 17.8 Å². The third-order valence-corrected chi connectivity index (χ3v) is 4.61. The van der Waals surface area contributed by atoms with Crippen LogP contribution >= 0.6 is 0 Å². The summed E-state index contributed by atoms with van der Waals surface area (Å²) in [5.74, 6) is 1.83. The van der Waals surface area contributed by atoms with E-state index in [0.717, 1.165) is 31.2 Å². The first-order valence-corrected chi connectivity index (χ1v) is 8.01. The first-order chi connectivity index (χ1) is 9.67. The van der Waals surface area contributed by atoms with E-state index in [1.807, 2.05) is 12.2 Å². The number of rotatable bonds is 5. The number of aliphatic hydroxyl groups is 1. The molecule has 0 spiro atoms. The third-order valence-electron chi connectivity index (χ3n) is 4.61. The summed E-state index contributed by atoms with van der Waals surface area (Å²) in [5.41, 5.74) is 0. The second-order valence-electron chi connectivity index (χ2n) is 6.50. The fraction of sp³-hybridized carbons (Fsp3) is 0.812. The Labute approximate surface area is 122 Å². The molecular formula is C16H28N2O2. The second kappa shape index (κ2) is 7.67. The predicted octanol–water partition coefficient (Wildman–Crippen LogP) is 2.44. The van der Waals surface area contributed by atoms with Gasteiger partial charge in [-0.05, 0) is 31.1 Å². The van der Waals surface area contributed by atoms with Crippen molar-refractivity contribution in [1.29, 1.82) is 0 Å². The molecule has 4 nitrogen and oxygen atoms in total. The minimum Gasteiger partial charge on any atom is -0.396 e. The summed E-state index contributed by atoms with van der Waals surface area (Å²) in [6.07, 6.45) is 11.2. The van der Waals surface area contributed by atoms with Crippen LogP contribution in [-0.4, -0.2) is 30.3 Å². The van der Waals surface area contributed by atoms with Crippen LogP contribution in [0.3, 0.4) is 0 Å². The number of carbonyl (C=O) groups excluding carboxylic acids is 1. The summed E-state index contributed by atoms with van der Waals surface area (Å²) in [6.45, 7) is 3.26. The first-order valence-electron chi connectivity index (χ1n) is 8.01. The zero-order chi connectivity index (χ0) is 14.4. The Hall–Kier alpha value is -1.03. The van der Waals surface area contributed by atoms with Crippen molar-refractivity contribution >= 4 is 6.03 Å². The molecular weight excluding hydrogens is 252 g/mol. The molecule has 0 heterocycles. The Bertz CT molecular complexity index is 343. The molecule has 1 saturated carbocycles. The average molecular weight is 280 g/mol. The monoisotopic (exact) mass is 280 g/mol. The van der Waals surface area contributed by atoms with Gasteiger partial charge < -0.3 is 15.7 Å². The zero-order valence-electron chi connectivity index (χ0n) is 12.5. The number of carbonyl (C=O) groups is 1. The molecule has 3 N–H and O–H groups in total. The van der Waals surface area contributed by atoms with E-state index in [-0.39, 0.29) is 24.6 Å². The van der Waals surface area contributed by atoms with Gasteiger partial charge in [-0.3, -0.25) is 0 Å². The molecule has 0 aromatic rings. The van der Waals surface area contributed by atoms with Crippen molar-refractivity contribution in [2.45, 2.75) is 51.5 Å². The van der Waals surface area contributed by atoms with Crippen molar-refractivity contribution in [3.8, 4) is 0 Å². The van der Waals surface area contributed by atoms with Crippen LogP contribution in [0.4, 0.5) is 4.79 Å². The maximum atomic E-state index is 11.8. The number of hydrogen-bond donors (Lipinski definition) is 3. The molecule has 114 valence electrons. The molecule has 0 radical (unpaired) electrons. The van der Waals surface area contributed by atoms with Crippen molar-refractivity contribution in [3.63, 3.8) is 0 Å². The predicted molar refractivity (Wildman–Crippen MR) is 80.4 cm³/mol. The van der Waals surface area contributed by atoms with Crippen molar-refractivity contribution in [2.24, 2.45) is 17.8 Å². The third kappa shape index (κ3) is 4.82. The summed E-state index contributed by atoms with van der Waals surface area (Å²) in [5, 5.41) is 14.9. The number of hydrogen-bond acceptors (Lipinski definition) is 2. The molecule has 0 aromatic heterocycles. The van der Waals surface area contributed by atoms with Gasteiger partial charge in [-0.25, -0.2) is 4.79 Å². The van der Waals surface area contributed by atoms with E-state index in [4.69, 9.17) is 5.11 Å². The van der Waals surface area contributed by atoms with Crippen LogP contribution in [0.25, 0.3) is 0 Å². The molecule has 0 aliphatic heterocycles. The Balaban J connectivity index is 1.57. The number of urea groups is 1. The van der Waals surface area contributed by atoms with Crippen molar-refractivity contribution < 1.29 is 9.90 Å². The largest absolute Gasteiger partial charge is 0.396 e. The fourth-order valence-corrected chi connectivity index (χ4v) is 3.45. The van der Waals surface area contributed by atoms with E-state index in [1.165, 1.54) is 25.7 Å². The molecule has 2 aliphatic carbocycles. The smallest absolute Gasteiger partial charge is 0.315 e. The first kappa shape index (κ1) is 15.4. The SMILES string of the molecule is CC1CCCC(CCNC(=O)N[C@@H]2C=C[C@H](CO)C2)C1. The van der Waals surface area contributed by atoms with Crippen LogP contribution in [-0.2, 0) is 0 Å². The number of nitrogens with one attached hydrogen (secondary N) is 2. The van der Waals surface area contributed by atoms with E-state index in [0.29, 0.717) is 0 Å². The van der Waals surface area contributed by atoms with Crippen LogP contribution < -0.4 is 10.6 Å². The van der Waals surface area contributed by atoms with Crippen molar-refractivity contribution in [1.82, 2.24) is 10.6 Å². The molecule has 0 saturated heterocycles. The van der Waals surface area contributed by atoms with Crippen LogP contribution in [0.15, 0.2) is 12.2 Å². The molecule has 0 aromatic carbocycles. The van der Waals surface area contributed by atoms with Gasteiger partial charge in [0.25, 0.3) is 0 Å². The molecule has 4 heteroatoms. The Morgan fingerprint density at radius 2 is 2.15 bits per heavy atom. The molecule has 4 atom stereocenters. The van der Waals surface area contributed by atoms with Gasteiger partial charge in [-0.15, -0.1) is 0 Å². The van der Waals surface area contributed by atoms with Gasteiger partial charge in [0.15, 0.2) is 0 Å². The number of aliphatic hydroxyl groups excluding tert-OH is 1. The van der Waals surface area contributed by atoms with Gasteiger partial charge in [-0.1, -0.05) is 38.3 Å². The van der Waals surface area contributed by atoms with E-state index in [9.17, 15) is 4.79 Å². The number of amides is 2. The van der Waals surface area contributed by atoms with Gasteiger partial charge in [0, 0.05) is 25.1 Å². The molecule has 2 unspecified atom stereocenters. The second-order valence-corrected chi connectivity index (χ2v) is 6.50. The van der Waals surface area contributed by atoms with Crippen LogP contribution in [0.5, 0.6) is 0 Å². The summed E-state index contributed by atoms with van der Waals surface area (Å²) in [6, 6.07) is -0.0102. The molecule has 1 fully saturated rings. The highest BCUT2D eigenvalue weighted by atomic mass is 16.3. The minimum atomic E-state index is -0.0814. The van der Waals surface area contributed by atoms with Crippen LogP contribution in [0.1, 0.15) is 45.4 Å². The summed E-state index contributed by atoms with van der Waals surface area (Å²) < 4.78 is 0. The molecule has 0 bridgehead atoms. The van der Waals surface area contributed by atoms with Crippen molar-refractivity contribution in [2.75, 3.05) is 13.2 Å². The molecule has 2 aliphatic rings. The van der Waals surface area contributed by atoms with E-state index >= 15 is 0 Å². The standard InChI is InChI=1S/C16H28N2O2/c1-12-3-2-4-13(9-12)7-8-17-16(20)18-15-6-5-14(10-15)11-19/h5-6,12-15,19H,2-4,7-11H2,1H3,(H2,17,18,20)/t12?,13?,14-,15+/m0/s1. The van der Waals surface area contributed by atoms with Gasteiger partial charge in [0.2, 0.25) is 0 Å². The lowest BCUT2D eigenvalue weighted by molar-refractivity contribution is 0.228. The zero-order valence-corrected chi connectivity index (χ0v) is 12.5. The maximum Gasteiger partial charge on any atom is 0.315 e. The topological polar surface area (TPSA) is 61.4 Å². The van der Waals surface area contributed by atoms with Gasteiger partial charge in [0.1, 0.15) is 0 Å². The maximum absolute atomic E-state index is 11.8. The highest BCUT2D eigenvalue weighted by Gasteiger charge is 2.20. The van der Waals surface area contributed by atoms with Gasteiger partial charge in [-0.2, -0.15) is 0 Å². The molecule has 2 amide bonds. The lowest BCUT2D eigenvalue weighted by Gasteiger charge is -2.26. The fourth-order valence-electron chi connectivity index (χ4n) is 3.45. The lowest BCUT2D eigenvalue weighted by atomic mass is 9.81. The van der Waals surface area contributed by atoms with Crippen molar-refractivity contribution in [3.05, 3.63) is 12.2 Å². The average Bonchev–Trinajstić information content (AvgIpc) is 2.86. The van der Waals surface area contributed by atoms with E-state index in [1.54, 1.807) is 0 Å². The summed E-state index contributed by atoms with van der Waals surface area (Å²) >= 11 is 0. The van der Waals surface area contributed by atoms with E-state index in [2.05, 4.69) is 17.6 Å². The minimum absolute atomic E-state index is 0.0712. The normalized spacial score (nSPS) is 33.1. The Morgan fingerprint density at radius 3 is 2.85 bits per heavy atom. The summed E-state index contributed by atoms with van der Waals surface area (Å²) in [7, 11) is 0. The van der Waals surface area contributed by atoms with Gasteiger partial charge in [0.05, 0.1) is 0 Å². The van der Waals surface area contributed by atoms with Gasteiger partial charge >= 0.3 is 6.03 Å². The molecule has 2 rings (SSSR count). The highest BCUT2D eigenvalue weighted by Crippen LogP contribution is 2.30. The Kier molecular flexibility index (Phi) is 5.89. The van der Waals surface area contributed by atoms with Crippen LogP contribution in [0.2, 0.25) is 0 Å². The molecule has 20 heavy (non-hydrogen) atoms. The summed E-state index contributed by atoms with van der Waals surface area (Å²) in [4.78, 5) is 11.8. The van der Waals surface area contributed by atoms with E-state index < -0.39 is 0 Å². The highest BCUT2D eigenvalue weighted by molar-refractivity contribution is 5.74.